The number of amides is 8. The summed E-state index contributed by atoms with van der Waals surface area (Å²) in [6.45, 7) is 14.9. The second kappa shape index (κ2) is 25.8. The predicted octanol–water partition coefficient (Wildman–Crippen LogP) is 4.72. The fraction of sp³-hybridized carbons (Fsp3) is 0.582. The van der Waals surface area contributed by atoms with Gasteiger partial charge < -0.3 is 56.3 Å². The van der Waals surface area contributed by atoms with Crippen molar-refractivity contribution in [2.24, 2.45) is 11.1 Å². The normalized spacial score (nSPS) is 20.8. The standard InChI is InChI=1S/C55H75F2N9O11S/c1-30(33-13-15-34(16-14-33)47-31(2)59-29-78-47)60-50(72)42-25-39(68)26-65(42)52(74)48(54(4,5)6)63-45(70)12-10-11-35-23-36(56)24-43(46(35)57)76-28-37(17-20-44(58)69)61-49(71)41-19-18-38-21-22-64(32(3)67)27-40(51(73)66(38)41)62-53(75)77-55(7,8)9/h13-16,23-24,29-30,37-42,48,68H,10-12,17-22,25-28H2,1-9H3,(H2,58,69)(H,60,72)(H,61,71)(H,62,75)(H,63,70)/t30-,37-,38+,39+,40-,41-,42-,48+/m0/s1. The van der Waals surface area contributed by atoms with Gasteiger partial charge in [0, 0.05) is 51.4 Å². The maximum Gasteiger partial charge on any atom is 0.408 e. The molecule has 426 valence electrons. The molecule has 4 heterocycles. The van der Waals surface area contributed by atoms with Crippen LogP contribution in [0.5, 0.6) is 5.75 Å². The lowest BCUT2D eigenvalue weighted by atomic mass is 9.85. The van der Waals surface area contributed by atoms with Gasteiger partial charge in [0.15, 0.2) is 11.6 Å². The molecular weight excluding hydrogens is 1030 g/mol. The molecule has 0 spiro atoms. The van der Waals surface area contributed by atoms with Gasteiger partial charge >= 0.3 is 6.09 Å². The molecule has 0 bridgehead atoms. The fourth-order valence-corrected chi connectivity index (χ4v) is 10.9. The molecule has 23 heteroatoms. The van der Waals surface area contributed by atoms with Gasteiger partial charge in [-0.15, -0.1) is 11.3 Å². The van der Waals surface area contributed by atoms with Crippen LogP contribution >= 0.6 is 11.3 Å². The van der Waals surface area contributed by atoms with Crippen LogP contribution in [0.15, 0.2) is 41.9 Å². The average molecular weight is 1110 g/mol. The quantitative estimate of drug-likeness (QED) is 0.0952. The highest BCUT2D eigenvalue weighted by molar-refractivity contribution is 7.13. The molecule has 2 aromatic carbocycles. The number of alkyl carbamates (subject to hydrolysis) is 1. The molecule has 20 nitrogen and oxygen atoms in total. The molecule has 0 unspecified atom stereocenters. The number of aryl methyl sites for hydroxylation is 2. The van der Waals surface area contributed by atoms with Crippen molar-refractivity contribution in [1.82, 2.24) is 41.0 Å². The van der Waals surface area contributed by atoms with E-state index in [4.69, 9.17) is 15.2 Å². The summed E-state index contributed by atoms with van der Waals surface area (Å²) < 4.78 is 42.4. The summed E-state index contributed by atoms with van der Waals surface area (Å²) >= 11 is 1.53. The van der Waals surface area contributed by atoms with Gasteiger partial charge in [-0.25, -0.2) is 18.6 Å². The Kier molecular flexibility index (Phi) is 20.0. The summed E-state index contributed by atoms with van der Waals surface area (Å²) in [7, 11) is 0. The van der Waals surface area contributed by atoms with E-state index < -0.39 is 125 Å². The first-order valence-corrected chi connectivity index (χ1v) is 27.3. The van der Waals surface area contributed by atoms with E-state index in [-0.39, 0.29) is 76.1 Å². The summed E-state index contributed by atoms with van der Waals surface area (Å²) in [5.41, 5.74) is 8.12. The van der Waals surface area contributed by atoms with Crippen LogP contribution in [0.4, 0.5) is 13.6 Å². The van der Waals surface area contributed by atoms with Gasteiger partial charge in [-0.3, -0.25) is 33.6 Å². The van der Waals surface area contributed by atoms with Gasteiger partial charge in [-0.2, -0.15) is 0 Å². The van der Waals surface area contributed by atoms with E-state index in [9.17, 15) is 43.5 Å². The van der Waals surface area contributed by atoms with Crippen molar-refractivity contribution in [3.63, 3.8) is 0 Å². The molecule has 3 aromatic rings. The minimum Gasteiger partial charge on any atom is -0.488 e. The summed E-state index contributed by atoms with van der Waals surface area (Å²) in [4.78, 5) is 117. The first kappa shape index (κ1) is 60.5. The molecule has 8 amide bonds. The molecule has 78 heavy (non-hydrogen) atoms. The van der Waals surface area contributed by atoms with Crippen molar-refractivity contribution in [1.29, 1.82) is 0 Å². The van der Waals surface area contributed by atoms with E-state index >= 15 is 8.78 Å². The Bertz CT molecular complexity index is 2690. The van der Waals surface area contributed by atoms with Crippen LogP contribution in [0.25, 0.3) is 10.4 Å². The third-order valence-corrected chi connectivity index (χ3v) is 15.1. The number of aliphatic hydroxyl groups excluding tert-OH is 1. The van der Waals surface area contributed by atoms with Crippen molar-refractivity contribution in [3.8, 4) is 16.2 Å². The minimum atomic E-state index is -1.24. The second-order valence-electron chi connectivity index (χ2n) is 22.6. The van der Waals surface area contributed by atoms with Gasteiger partial charge in [0.25, 0.3) is 0 Å². The van der Waals surface area contributed by atoms with Gasteiger partial charge in [-0.05, 0) is 101 Å². The van der Waals surface area contributed by atoms with Crippen LogP contribution in [0, 0.1) is 24.0 Å². The number of benzene rings is 2. The summed E-state index contributed by atoms with van der Waals surface area (Å²) in [5.74, 6) is -6.08. The maximum atomic E-state index is 16.1. The Balaban J connectivity index is 1.06. The molecule has 6 rings (SSSR count). The van der Waals surface area contributed by atoms with E-state index in [1.165, 1.54) is 33.0 Å². The molecule has 8 atom stereocenters. The third-order valence-electron chi connectivity index (χ3n) is 14.1. The Hall–Kier alpha value is -6.75. The van der Waals surface area contributed by atoms with E-state index in [0.29, 0.717) is 12.8 Å². The summed E-state index contributed by atoms with van der Waals surface area (Å²) in [6, 6.07) is 3.24. The number of primary amides is 1. The largest absolute Gasteiger partial charge is 0.488 e. The van der Waals surface area contributed by atoms with E-state index in [2.05, 4.69) is 26.3 Å². The Morgan fingerprint density at radius 2 is 1.62 bits per heavy atom. The fourth-order valence-electron chi connectivity index (χ4n) is 10.1. The molecular formula is C55H75F2N9O11S. The third kappa shape index (κ3) is 15.9. The lowest BCUT2D eigenvalue weighted by Crippen LogP contribution is -2.61. The first-order valence-electron chi connectivity index (χ1n) is 26.4. The molecule has 3 aliphatic heterocycles. The smallest absolute Gasteiger partial charge is 0.408 e. The molecule has 3 saturated heterocycles. The second-order valence-corrected chi connectivity index (χ2v) is 23.4. The molecule has 3 aliphatic rings. The molecule has 7 N–H and O–H groups in total. The number of halogens is 2. The minimum absolute atomic E-state index is 0.00369. The van der Waals surface area contributed by atoms with Gasteiger partial charge in [0.1, 0.15) is 42.2 Å². The number of nitrogens with one attached hydrogen (secondary N) is 4. The number of likely N-dealkylation sites (tertiary alicyclic amines) is 1. The first-order chi connectivity index (χ1) is 36.6. The number of aliphatic hydroxyl groups is 1. The highest BCUT2D eigenvalue weighted by atomic mass is 32.1. The van der Waals surface area contributed by atoms with Crippen LogP contribution in [0.2, 0.25) is 0 Å². The Labute approximate surface area is 457 Å². The Morgan fingerprint density at radius 1 is 0.923 bits per heavy atom. The van der Waals surface area contributed by atoms with Crippen molar-refractivity contribution in [3.05, 3.63) is 70.4 Å². The van der Waals surface area contributed by atoms with Crippen LogP contribution in [-0.2, 0) is 44.7 Å². The van der Waals surface area contributed by atoms with Crippen molar-refractivity contribution >= 4 is 58.8 Å². The lowest BCUT2D eigenvalue weighted by Gasteiger charge is -2.38. The van der Waals surface area contributed by atoms with E-state index in [1.54, 1.807) is 47.1 Å². The SMILES string of the molecule is CC(=O)N1CC[C@H]2CC[C@@H](C(=O)N[C@@H](CCC(N)=O)COc3cc(F)cc(CCCC(=O)N[C@H](C(=O)N4C[C@H](O)C[C@H]4C(=O)N[C@@H](C)c4ccc(-c5scnc5C)cc4)C(C)(C)C)c3F)N2C(=O)[C@@H](NC(=O)OC(C)(C)C)C1. The van der Waals surface area contributed by atoms with Gasteiger partial charge in [0.05, 0.1) is 40.8 Å². The number of nitrogens with zero attached hydrogens (tertiary/aromatic N) is 4. The summed E-state index contributed by atoms with van der Waals surface area (Å²) in [6.07, 6.45) is -1.46. The molecule has 0 aliphatic carbocycles. The van der Waals surface area contributed by atoms with Crippen LogP contribution in [0.1, 0.15) is 130 Å². The number of aromatic nitrogens is 1. The number of hydrogen-bond acceptors (Lipinski definition) is 13. The lowest BCUT2D eigenvalue weighted by molar-refractivity contribution is -0.145. The van der Waals surface area contributed by atoms with Crippen LogP contribution in [-0.4, -0.2) is 146 Å². The molecule has 3 fully saturated rings. The number of hydrogen-bond donors (Lipinski definition) is 6. The maximum absolute atomic E-state index is 16.1. The van der Waals surface area contributed by atoms with Crippen molar-refractivity contribution in [2.75, 3.05) is 26.2 Å². The molecule has 0 radical (unpaired) electrons. The number of rotatable bonds is 19. The van der Waals surface area contributed by atoms with Crippen LogP contribution in [0.3, 0.4) is 0 Å². The van der Waals surface area contributed by atoms with Crippen molar-refractivity contribution < 1.29 is 61.7 Å². The average Bonchev–Trinajstić information content (AvgIpc) is 4.11. The van der Waals surface area contributed by atoms with E-state index in [1.807, 2.05) is 38.1 Å². The van der Waals surface area contributed by atoms with Crippen molar-refractivity contribution in [2.45, 2.75) is 174 Å². The predicted molar refractivity (Wildman–Crippen MR) is 285 cm³/mol. The van der Waals surface area contributed by atoms with Gasteiger partial charge in [0.2, 0.25) is 41.4 Å². The number of thiazole rings is 1. The molecule has 0 saturated carbocycles. The zero-order chi connectivity index (χ0) is 57.4. The Morgan fingerprint density at radius 3 is 2.24 bits per heavy atom. The number of carbonyl (C=O) groups excluding carboxylic acids is 8. The zero-order valence-corrected chi connectivity index (χ0v) is 46.7. The summed E-state index contributed by atoms with van der Waals surface area (Å²) in [5, 5.41) is 21.9. The van der Waals surface area contributed by atoms with Gasteiger partial charge in [-0.1, -0.05) is 45.0 Å². The molecule has 1 aromatic heterocycles. The highest BCUT2D eigenvalue weighted by Gasteiger charge is 2.47. The number of nitrogens with two attached hydrogens (primary N) is 1. The number of carbonyl (C=O) groups is 8. The van der Waals surface area contributed by atoms with Crippen LogP contribution < -0.4 is 31.7 Å². The monoisotopic (exact) mass is 1110 g/mol. The number of β-amino-alcohol motifs (C(OH)–C–C–N with tert-alkyl or cyclic N) is 1. The topological polar surface area (TPSA) is 272 Å². The number of ether oxygens (including phenoxy) is 2. The highest BCUT2D eigenvalue weighted by Crippen LogP contribution is 2.32. The zero-order valence-electron chi connectivity index (χ0n) is 45.9. The van der Waals surface area contributed by atoms with E-state index in [0.717, 1.165) is 33.8 Å². The number of fused-ring (bicyclic) bond motifs is 1.